The molecule has 2 N–H and O–H groups in total. The lowest BCUT2D eigenvalue weighted by Crippen LogP contribution is -2.26. The Bertz CT molecular complexity index is 437. The molecule has 0 saturated carbocycles. The molecule has 0 aliphatic rings. The predicted molar refractivity (Wildman–Crippen MR) is 67.3 cm³/mol. The zero-order valence-corrected chi connectivity index (χ0v) is 11.0. The summed E-state index contributed by atoms with van der Waals surface area (Å²) in [5.74, 6) is 0.546. The van der Waals surface area contributed by atoms with Gasteiger partial charge in [0.05, 0.1) is 11.5 Å². The Morgan fingerprint density at radius 1 is 1.24 bits per heavy atom. The average molecular weight is 257 g/mol. The van der Waals surface area contributed by atoms with Gasteiger partial charge >= 0.3 is 0 Å². The van der Waals surface area contributed by atoms with Crippen LogP contribution in [-0.2, 0) is 16.4 Å². The van der Waals surface area contributed by atoms with Gasteiger partial charge in [-0.1, -0.05) is 26.0 Å². The van der Waals surface area contributed by atoms with Gasteiger partial charge < -0.3 is 5.11 Å². The summed E-state index contributed by atoms with van der Waals surface area (Å²) in [5, 5.41) is 8.59. The lowest BCUT2D eigenvalue weighted by Gasteiger charge is -2.08. The number of aliphatic hydroxyl groups is 1. The Kier molecular flexibility index (Phi) is 5.11. The average Bonchev–Trinajstić information content (AvgIpc) is 2.26. The summed E-state index contributed by atoms with van der Waals surface area (Å²) in [4.78, 5) is 0.235. The van der Waals surface area contributed by atoms with Crippen molar-refractivity contribution in [1.82, 2.24) is 4.72 Å². The molecular weight excluding hydrogens is 238 g/mol. The van der Waals surface area contributed by atoms with Gasteiger partial charge in [0.1, 0.15) is 0 Å². The maximum absolute atomic E-state index is 11.7. The second kappa shape index (κ2) is 6.14. The minimum Gasteiger partial charge on any atom is -0.395 e. The van der Waals surface area contributed by atoms with E-state index in [4.69, 9.17) is 5.11 Å². The second-order valence-corrected chi connectivity index (χ2v) is 6.13. The molecule has 0 amide bonds. The maximum Gasteiger partial charge on any atom is 0.240 e. The summed E-state index contributed by atoms with van der Waals surface area (Å²) in [6.07, 6.45) is 0.935. The zero-order chi connectivity index (χ0) is 12.9. The summed E-state index contributed by atoms with van der Waals surface area (Å²) in [6, 6.07) is 6.84. The van der Waals surface area contributed by atoms with Gasteiger partial charge in [0.15, 0.2) is 0 Å². The van der Waals surface area contributed by atoms with E-state index in [1.807, 2.05) is 12.1 Å². The Labute approximate surface area is 103 Å². The van der Waals surface area contributed by atoms with E-state index in [2.05, 4.69) is 18.6 Å². The standard InChI is InChI=1S/C12H19NO3S/c1-10(2)9-11-3-5-12(6-4-11)17(15,16)13-7-8-14/h3-6,10,13-14H,7-9H2,1-2H3. The van der Waals surface area contributed by atoms with Crippen molar-refractivity contribution in [3.05, 3.63) is 29.8 Å². The Morgan fingerprint density at radius 2 is 1.82 bits per heavy atom. The van der Waals surface area contributed by atoms with Crippen LogP contribution in [0.25, 0.3) is 0 Å². The first kappa shape index (κ1) is 14.2. The van der Waals surface area contributed by atoms with Crippen molar-refractivity contribution in [3.8, 4) is 0 Å². The van der Waals surface area contributed by atoms with E-state index >= 15 is 0 Å². The molecule has 0 heterocycles. The van der Waals surface area contributed by atoms with Crippen LogP contribution >= 0.6 is 0 Å². The second-order valence-electron chi connectivity index (χ2n) is 4.36. The third-order valence-corrected chi connectivity index (χ3v) is 3.76. The van der Waals surface area contributed by atoms with Crippen LogP contribution in [0.4, 0.5) is 0 Å². The molecule has 96 valence electrons. The van der Waals surface area contributed by atoms with Gasteiger partial charge in [0, 0.05) is 6.54 Å². The molecule has 1 aromatic rings. The minimum atomic E-state index is -3.48. The summed E-state index contributed by atoms with van der Waals surface area (Å²) < 4.78 is 25.7. The van der Waals surface area contributed by atoms with E-state index in [1.54, 1.807) is 12.1 Å². The van der Waals surface area contributed by atoms with Gasteiger partial charge in [-0.05, 0) is 30.0 Å². The topological polar surface area (TPSA) is 66.4 Å². The number of hydrogen-bond acceptors (Lipinski definition) is 3. The van der Waals surface area contributed by atoms with E-state index in [0.717, 1.165) is 12.0 Å². The van der Waals surface area contributed by atoms with Crippen LogP contribution in [0.15, 0.2) is 29.2 Å². The largest absolute Gasteiger partial charge is 0.395 e. The van der Waals surface area contributed by atoms with Crippen LogP contribution in [0.3, 0.4) is 0 Å². The van der Waals surface area contributed by atoms with Crippen molar-refractivity contribution in [2.75, 3.05) is 13.2 Å². The Hall–Kier alpha value is -0.910. The first-order valence-electron chi connectivity index (χ1n) is 5.65. The molecule has 0 radical (unpaired) electrons. The molecule has 17 heavy (non-hydrogen) atoms. The third kappa shape index (κ3) is 4.46. The molecule has 0 unspecified atom stereocenters. The minimum absolute atomic E-state index is 0.0378. The smallest absolute Gasteiger partial charge is 0.240 e. The monoisotopic (exact) mass is 257 g/mol. The highest BCUT2D eigenvalue weighted by molar-refractivity contribution is 7.89. The number of aliphatic hydroxyl groups excluding tert-OH is 1. The Balaban J connectivity index is 2.80. The molecule has 4 nitrogen and oxygen atoms in total. The van der Waals surface area contributed by atoms with Gasteiger partial charge in [-0.3, -0.25) is 0 Å². The molecular formula is C12H19NO3S. The zero-order valence-electron chi connectivity index (χ0n) is 10.2. The summed E-state index contributed by atoms with van der Waals surface area (Å²) in [6.45, 7) is 4.07. The van der Waals surface area contributed by atoms with Gasteiger partial charge in [-0.15, -0.1) is 0 Å². The Morgan fingerprint density at radius 3 is 2.29 bits per heavy atom. The molecule has 0 saturated heterocycles. The summed E-state index contributed by atoms with van der Waals surface area (Å²) >= 11 is 0. The van der Waals surface area contributed by atoms with Crippen LogP contribution in [0.2, 0.25) is 0 Å². The van der Waals surface area contributed by atoms with Crippen LogP contribution < -0.4 is 4.72 Å². The number of nitrogens with one attached hydrogen (secondary N) is 1. The number of hydrogen-bond donors (Lipinski definition) is 2. The van der Waals surface area contributed by atoms with Crippen molar-refractivity contribution in [1.29, 1.82) is 0 Å². The van der Waals surface area contributed by atoms with E-state index < -0.39 is 10.0 Å². The van der Waals surface area contributed by atoms with Crippen molar-refractivity contribution in [2.24, 2.45) is 5.92 Å². The van der Waals surface area contributed by atoms with Gasteiger partial charge in [-0.25, -0.2) is 13.1 Å². The molecule has 1 aromatic carbocycles. The van der Waals surface area contributed by atoms with Crippen LogP contribution in [0.1, 0.15) is 19.4 Å². The molecule has 0 aliphatic heterocycles. The van der Waals surface area contributed by atoms with Crippen LogP contribution in [-0.4, -0.2) is 26.7 Å². The van der Waals surface area contributed by atoms with Crippen molar-refractivity contribution >= 4 is 10.0 Å². The molecule has 0 bridgehead atoms. The van der Waals surface area contributed by atoms with Gasteiger partial charge in [-0.2, -0.15) is 0 Å². The number of sulfonamides is 1. The van der Waals surface area contributed by atoms with E-state index in [9.17, 15) is 8.42 Å². The van der Waals surface area contributed by atoms with Crippen molar-refractivity contribution < 1.29 is 13.5 Å². The summed E-state index contributed by atoms with van der Waals surface area (Å²) in [5.41, 5.74) is 1.13. The quantitative estimate of drug-likeness (QED) is 0.803. The van der Waals surface area contributed by atoms with E-state index in [1.165, 1.54) is 0 Å². The van der Waals surface area contributed by atoms with Crippen LogP contribution in [0.5, 0.6) is 0 Å². The number of rotatable bonds is 6. The highest BCUT2D eigenvalue weighted by Crippen LogP contribution is 2.13. The lowest BCUT2D eigenvalue weighted by atomic mass is 10.0. The first-order chi connectivity index (χ1) is 7.95. The molecule has 0 spiro atoms. The summed E-state index contributed by atoms with van der Waals surface area (Å²) in [7, 11) is -3.48. The third-order valence-electron chi connectivity index (χ3n) is 2.28. The molecule has 1 rings (SSSR count). The van der Waals surface area contributed by atoms with Gasteiger partial charge in [0.2, 0.25) is 10.0 Å². The fourth-order valence-electron chi connectivity index (χ4n) is 1.54. The van der Waals surface area contributed by atoms with E-state index in [-0.39, 0.29) is 18.0 Å². The fraction of sp³-hybridized carbons (Fsp3) is 0.500. The molecule has 0 aromatic heterocycles. The predicted octanol–water partition coefficient (Wildman–Crippen LogP) is 1.16. The lowest BCUT2D eigenvalue weighted by molar-refractivity contribution is 0.301. The molecule has 0 aliphatic carbocycles. The highest BCUT2D eigenvalue weighted by atomic mass is 32.2. The van der Waals surface area contributed by atoms with Crippen LogP contribution in [0, 0.1) is 5.92 Å². The molecule has 0 fully saturated rings. The molecule has 5 heteroatoms. The maximum atomic E-state index is 11.7. The normalized spacial score (nSPS) is 12.0. The SMILES string of the molecule is CC(C)Cc1ccc(S(=O)(=O)NCCO)cc1. The van der Waals surface area contributed by atoms with Gasteiger partial charge in [0.25, 0.3) is 0 Å². The van der Waals surface area contributed by atoms with Crippen molar-refractivity contribution in [3.63, 3.8) is 0 Å². The first-order valence-corrected chi connectivity index (χ1v) is 7.13. The highest BCUT2D eigenvalue weighted by Gasteiger charge is 2.12. The van der Waals surface area contributed by atoms with Crippen molar-refractivity contribution in [2.45, 2.75) is 25.2 Å². The molecule has 0 atom stereocenters. The fourth-order valence-corrected chi connectivity index (χ4v) is 2.56. The number of benzene rings is 1. The van der Waals surface area contributed by atoms with E-state index in [0.29, 0.717) is 5.92 Å².